The number of hydrogen-bond acceptors (Lipinski definition) is 9. The fourth-order valence-electron chi connectivity index (χ4n) is 6.31. The largest absolute Gasteiger partial charge is 0.378 e. The maximum atomic E-state index is 13.4. The van der Waals surface area contributed by atoms with Crippen LogP contribution in [0.5, 0.6) is 0 Å². The van der Waals surface area contributed by atoms with Gasteiger partial charge >= 0.3 is 0 Å². The lowest BCUT2D eigenvalue weighted by Gasteiger charge is -2.43. The quantitative estimate of drug-likeness (QED) is 0.249. The highest BCUT2D eigenvalue weighted by atomic mass is 32.1. The van der Waals surface area contributed by atoms with Crippen LogP contribution in [0.15, 0.2) is 42.7 Å². The number of ether oxygens (including phenoxy) is 1. The molecule has 2 unspecified atom stereocenters. The van der Waals surface area contributed by atoms with Gasteiger partial charge in [0.2, 0.25) is 20.7 Å². The van der Waals surface area contributed by atoms with Gasteiger partial charge in [0.25, 0.3) is 5.91 Å². The van der Waals surface area contributed by atoms with Gasteiger partial charge in [-0.25, -0.2) is 4.39 Å². The van der Waals surface area contributed by atoms with Gasteiger partial charge in [-0.15, -0.1) is 11.3 Å². The predicted molar refractivity (Wildman–Crippen MR) is 176 cm³/mol. The van der Waals surface area contributed by atoms with Gasteiger partial charge in [-0.3, -0.25) is 19.4 Å². The van der Waals surface area contributed by atoms with E-state index in [4.69, 9.17) is 20.3 Å². The van der Waals surface area contributed by atoms with Crippen LogP contribution in [0.2, 0.25) is 0 Å². The highest BCUT2D eigenvalue weighted by molar-refractivity contribution is 7.45. The number of anilines is 1. The summed E-state index contributed by atoms with van der Waals surface area (Å²) in [6.07, 6.45) is 11.9. The van der Waals surface area contributed by atoms with Gasteiger partial charge in [-0.1, -0.05) is 12.5 Å². The molecule has 4 aliphatic rings. The fraction of sp³-hybridized carbons (Fsp3) is 0.500. The number of hydrogen-bond donors (Lipinski definition) is 3. The van der Waals surface area contributed by atoms with Crippen molar-refractivity contribution < 1.29 is 33.3 Å². The van der Waals surface area contributed by atoms with Crippen molar-refractivity contribution in [2.75, 3.05) is 44.7 Å². The summed E-state index contributed by atoms with van der Waals surface area (Å²) < 4.78 is 19.5. The number of thiophene rings is 1. The van der Waals surface area contributed by atoms with Crippen molar-refractivity contribution in [2.24, 2.45) is 5.73 Å². The molecular formula is C32H41FN5O6PS. The van der Waals surface area contributed by atoms with Gasteiger partial charge in [-0.05, 0) is 60.9 Å². The number of fused-ring (bicyclic) bond motifs is 2. The van der Waals surface area contributed by atoms with E-state index in [1.165, 1.54) is 60.4 Å². The molecule has 14 heteroatoms. The van der Waals surface area contributed by atoms with Crippen molar-refractivity contribution in [3.05, 3.63) is 58.7 Å². The highest BCUT2D eigenvalue weighted by Crippen LogP contribution is 2.45. The highest BCUT2D eigenvalue weighted by Gasteiger charge is 2.34. The number of pyridine rings is 1. The van der Waals surface area contributed by atoms with E-state index < -0.39 is 20.2 Å². The summed E-state index contributed by atoms with van der Waals surface area (Å²) in [5, 5.41) is 0.667. The summed E-state index contributed by atoms with van der Waals surface area (Å²) in [5.41, 5.74) is 7.83. The minimum Gasteiger partial charge on any atom is -0.378 e. The number of alkyl halides is 1. The molecule has 4 saturated heterocycles. The molecule has 0 aliphatic carbocycles. The van der Waals surface area contributed by atoms with Crippen molar-refractivity contribution in [2.45, 2.75) is 62.5 Å². The molecule has 4 N–H and O–H groups in total. The molecular weight excluding hydrogens is 632 g/mol. The van der Waals surface area contributed by atoms with Gasteiger partial charge in [-0.2, -0.15) is 0 Å². The Labute approximate surface area is 273 Å². The maximum Gasteiger partial charge on any atom is 0.258 e. The lowest BCUT2D eigenvalue weighted by Crippen LogP contribution is -2.53. The lowest BCUT2D eigenvalue weighted by atomic mass is 9.91. The van der Waals surface area contributed by atoms with Crippen LogP contribution in [0.4, 0.5) is 10.1 Å². The Morgan fingerprint density at radius 2 is 1.91 bits per heavy atom. The molecule has 4 aliphatic heterocycles. The van der Waals surface area contributed by atoms with Crippen LogP contribution in [0, 0.1) is 0 Å². The lowest BCUT2D eigenvalue weighted by molar-refractivity contribution is -0.131. The van der Waals surface area contributed by atoms with E-state index in [0.717, 1.165) is 56.7 Å². The van der Waals surface area contributed by atoms with Gasteiger partial charge in [0.05, 0.1) is 11.0 Å². The van der Waals surface area contributed by atoms with Crippen LogP contribution < -0.4 is 10.6 Å². The zero-order valence-electron chi connectivity index (χ0n) is 25.8. The number of likely N-dealkylation sites (tertiary alicyclic amines) is 1. The van der Waals surface area contributed by atoms with Crippen molar-refractivity contribution in [1.29, 1.82) is 0 Å². The minimum absolute atomic E-state index is 0.183. The predicted octanol–water partition coefficient (Wildman–Crippen LogP) is 4.29. The van der Waals surface area contributed by atoms with Crippen LogP contribution in [-0.4, -0.2) is 94.8 Å². The van der Waals surface area contributed by atoms with Crippen LogP contribution in [0.1, 0.15) is 71.2 Å². The van der Waals surface area contributed by atoms with Crippen molar-refractivity contribution >= 4 is 53.7 Å². The monoisotopic (exact) mass is 673 g/mol. The second-order valence-corrected chi connectivity index (χ2v) is 14.2. The summed E-state index contributed by atoms with van der Waals surface area (Å²) in [7, 11) is -0.901. The summed E-state index contributed by atoms with van der Waals surface area (Å²) in [5.74, 6) is -1.49. The first kappa shape index (κ1) is 34.1. The molecule has 3 aromatic rings. The van der Waals surface area contributed by atoms with E-state index in [2.05, 4.69) is 20.9 Å². The van der Waals surface area contributed by atoms with Crippen molar-refractivity contribution in [3.63, 3.8) is 0 Å². The molecule has 3 amide bonds. The molecule has 46 heavy (non-hydrogen) atoms. The number of amides is 3. The number of rotatable bonds is 7. The molecule has 0 spiro atoms. The summed E-state index contributed by atoms with van der Waals surface area (Å²) in [6, 6.07) is 8.83. The fourth-order valence-corrected chi connectivity index (χ4v) is 7.63. The molecule has 11 nitrogen and oxygen atoms in total. The average Bonchev–Trinajstić information content (AvgIpc) is 3.62. The number of nitrogens with two attached hydrogens (primary N) is 1. The maximum absolute atomic E-state index is 13.4. The molecule has 2 aromatic heterocycles. The number of aromatic nitrogens is 1. The number of methoxy groups -OCH3 is 1. The van der Waals surface area contributed by atoms with Gasteiger partial charge in [0, 0.05) is 86.6 Å². The molecule has 4 fully saturated rings. The average molecular weight is 674 g/mol. The molecule has 0 bridgehead atoms. The first-order valence-corrected chi connectivity index (χ1v) is 17.7. The molecule has 6 heterocycles. The SMILES string of the molecule is COC1CN(c2ccncc2C2CN(C=O)C2)C1.NC(=O)c1cc2cc(C(F)P(O)O)ccc2s1.O=C1CCCCC2CCCN12. The summed E-state index contributed by atoms with van der Waals surface area (Å²) in [4.78, 5) is 61.5. The van der Waals surface area contributed by atoms with E-state index in [1.54, 1.807) is 24.1 Å². The topological polar surface area (TPSA) is 150 Å². The van der Waals surface area contributed by atoms with Crippen LogP contribution in [0.3, 0.4) is 0 Å². The smallest absolute Gasteiger partial charge is 0.258 e. The van der Waals surface area contributed by atoms with E-state index >= 15 is 0 Å². The van der Waals surface area contributed by atoms with Crippen LogP contribution in [-0.2, 0) is 14.3 Å². The Kier molecular flexibility index (Phi) is 11.6. The van der Waals surface area contributed by atoms with Crippen molar-refractivity contribution in [3.8, 4) is 0 Å². The Balaban J connectivity index is 0.000000140. The zero-order valence-corrected chi connectivity index (χ0v) is 27.5. The summed E-state index contributed by atoms with van der Waals surface area (Å²) in [6.45, 7) is 4.53. The zero-order chi connectivity index (χ0) is 32.8. The molecule has 248 valence electrons. The normalized spacial score (nSPS) is 20.5. The third-order valence-corrected chi connectivity index (χ3v) is 10.8. The molecule has 2 atom stereocenters. The number of benzene rings is 1. The molecule has 1 aromatic carbocycles. The number of primary amides is 1. The number of halogens is 1. The molecule has 7 rings (SSSR count). The third-order valence-electron chi connectivity index (χ3n) is 8.99. The molecule has 0 saturated carbocycles. The number of carbonyl (C=O) groups is 3. The van der Waals surface area contributed by atoms with E-state index in [1.807, 2.05) is 12.4 Å². The van der Waals surface area contributed by atoms with E-state index in [9.17, 15) is 18.8 Å². The second kappa shape index (κ2) is 15.6. The van der Waals surface area contributed by atoms with E-state index in [-0.39, 0.29) is 5.56 Å². The van der Waals surface area contributed by atoms with Gasteiger partial charge in [0.15, 0.2) is 5.91 Å². The number of carbonyl (C=O) groups excluding carboxylic acids is 3. The minimum atomic E-state index is -2.65. The van der Waals surface area contributed by atoms with Gasteiger partial charge in [0.1, 0.15) is 0 Å². The van der Waals surface area contributed by atoms with Crippen molar-refractivity contribution in [1.82, 2.24) is 14.8 Å². The van der Waals surface area contributed by atoms with Crippen LogP contribution >= 0.6 is 19.7 Å². The van der Waals surface area contributed by atoms with E-state index in [0.29, 0.717) is 34.2 Å². The Morgan fingerprint density at radius 1 is 1.15 bits per heavy atom. The third kappa shape index (κ3) is 8.01. The Bertz CT molecular complexity index is 1520. The second-order valence-electron chi connectivity index (χ2n) is 12.0. The first-order valence-electron chi connectivity index (χ1n) is 15.5. The summed E-state index contributed by atoms with van der Waals surface area (Å²) >= 11 is 1.22. The van der Waals surface area contributed by atoms with Gasteiger partial charge < -0.3 is 35.0 Å². The standard InChI is InChI=1S/C13H17N3O2.C10H9FNO3PS.C9H15NO/c1-18-11-7-16(8-11)13-2-3-14-4-12(13)10-5-15(6-10)9-17;11-9(16(14)15)5-1-2-7-6(3-5)4-8(17-7)10(12)13;11-9-6-2-1-4-8-5-3-7-10(8)9/h2-4,9-11H,5-8H2,1H3;1-4,9,14-15H,(H2,12,13);8H,1-7H2. The van der Waals surface area contributed by atoms with Crippen LogP contribution in [0.25, 0.3) is 10.1 Å². The Morgan fingerprint density at radius 3 is 2.61 bits per heavy atom. The Hall–Kier alpha value is -3.22. The molecule has 0 radical (unpaired) electrons. The number of nitrogens with zero attached hydrogens (tertiary/aromatic N) is 4. The first-order chi connectivity index (χ1) is 22.2.